The van der Waals surface area contributed by atoms with Gasteiger partial charge in [0, 0.05) is 16.6 Å². The third-order valence-corrected chi connectivity index (χ3v) is 3.35. The van der Waals surface area contributed by atoms with Crippen molar-refractivity contribution in [2.24, 2.45) is 5.92 Å². The highest BCUT2D eigenvalue weighted by Gasteiger charge is 1.99. The highest BCUT2D eigenvalue weighted by molar-refractivity contribution is 6.33. The lowest BCUT2D eigenvalue weighted by Crippen LogP contribution is -2.11. The zero-order chi connectivity index (χ0) is 9.94. The molecule has 0 radical (unpaired) electrons. The fourth-order valence-electron chi connectivity index (χ4n) is 1.09. The Morgan fingerprint density at radius 3 is 2.62 bits per heavy atom. The van der Waals surface area contributed by atoms with E-state index in [4.69, 9.17) is 14.2 Å². The zero-order valence-electron chi connectivity index (χ0n) is 9.04. The van der Waals surface area contributed by atoms with E-state index >= 15 is 0 Å². The van der Waals surface area contributed by atoms with E-state index in [1.807, 2.05) is 0 Å². The smallest absolute Gasteiger partial charge is 0.146 e. The quantitative estimate of drug-likeness (QED) is 0.319. The lowest BCUT2D eigenvalue weighted by Gasteiger charge is -2.10. The average Bonchev–Trinajstić information content (AvgIpc) is 2.11. The van der Waals surface area contributed by atoms with Gasteiger partial charge in [-0.2, -0.15) is 0 Å². The van der Waals surface area contributed by atoms with Crippen LogP contribution in [-0.4, -0.2) is 43.2 Å². The molecule has 4 heteroatoms. The molecule has 0 heterocycles. The third kappa shape index (κ3) is 10.0. The summed E-state index contributed by atoms with van der Waals surface area (Å²) in [6.45, 7) is 7.04. The van der Waals surface area contributed by atoms with E-state index in [9.17, 15) is 0 Å². The number of hydrogen-bond donors (Lipinski definition) is 0. The number of ether oxygens (including phenoxy) is 3. The van der Waals surface area contributed by atoms with Crippen LogP contribution in [0, 0.1) is 5.92 Å². The molecule has 1 atom stereocenters. The fraction of sp³-hybridized carbons (Fsp3) is 1.00. The molecule has 80 valence electrons. The summed E-state index contributed by atoms with van der Waals surface area (Å²) in [6, 6.07) is 1.36. The summed E-state index contributed by atoms with van der Waals surface area (Å²) in [7, 11) is 1.84. The van der Waals surface area contributed by atoms with Crippen LogP contribution in [0.1, 0.15) is 6.92 Å². The first kappa shape index (κ1) is 13.1. The van der Waals surface area contributed by atoms with Crippen LogP contribution < -0.4 is 0 Å². The van der Waals surface area contributed by atoms with Gasteiger partial charge in [-0.15, -0.1) is 0 Å². The summed E-state index contributed by atoms with van der Waals surface area (Å²) < 4.78 is 15.3. The van der Waals surface area contributed by atoms with Crippen LogP contribution in [-0.2, 0) is 14.2 Å². The van der Waals surface area contributed by atoms with Crippen molar-refractivity contribution in [1.29, 1.82) is 0 Å². The molecule has 0 fully saturated rings. The molecule has 0 aliphatic heterocycles. The third-order valence-electron chi connectivity index (χ3n) is 1.78. The molecule has 0 spiro atoms. The zero-order valence-corrected chi connectivity index (χ0v) is 10.5. The van der Waals surface area contributed by atoms with Gasteiger partial charge in [0.1, 0.15) is 6.79 Å². The van der Waals surface area contributed by atoms with Crippen LogP contribution in [0.2, 0.25) is 12.6 Å². The summed E-state index contributed by atoms with van der Waals surface area (Å²) in [5.74, 6) is 0.697. The van der Waals surface area contributed by atoms with Crippen LogP contribution in [0.5, 0.6) is 0 Å². The van der Waals surface area contributed by atoms with Gasteiger partial charge in [0.15, 0.2) is 0 Å². The van der Waals surface area contributed by atoms with Gasteiger partial charge in [0.05, 0.1) is 19.8 Å². The highest BCUT2D eigenvalue weighted by Crippen LogP contribution is 2.01. The van der Waals surface area contributed by atoms with Gasteiger partial charge in [0.25, 0.3) is 0 Å². The van der Waals surface area contributed by atoms with Gasteiger partial charge >= 0.3 is 0 Å². The Labute approximate surface area is 83.6 Å². The van der Waals surface area contributed by atoms with Crippen molar-refractivity contribution in [2.75, 3.05) is 33.7 Å². The van der Waals surface area contributed by atoms with Crippen LogP contribution in [0.3, 0.4) is 0 Å². The second kappa shape index (κ2) is 10.2. The van der Waals surface area contributed by atoms with E-state index in [-0.39, 0.29) is 9.52 Å². The molecule has 1 unspecified atom stereocenters. The molecule has 3 nitrogen and oxygen atoms in total. The van der Waals surface area contributed by atoms with Crippen molar-refractivity contribution in [3.63, 3.8) is 0 Å². The summed E-state index contributed by atoms with van der Waals surface area (Å²) in [5, 5.41) is 0. The van der Waals surface area contributed by atoms with E-state index in [1.54, 1.807) is 7.11 Å². The predicted octanol–water partition coefficient (Wildman–Crippen LogP) is 0.895. The molecule has 0 bridgehead atoms. The maximum atomic E-state index is 5.34. The van der Waals surface area contributed by atoms with Gasteiger partial charge in [-0.1, -0.05) is 19.5 Å². The second-order valence-electron chi connectivity index (χ2n) is 3.28. The molecule has 0 saturated carbocycles. The van der Waals surface area contributed by atoms with Crippen molar-refractivity contribution < 1.29 is 14.2 Å². The number of methoxy groups -OCH3 is 1. The first-order valence-corrected chi connectivity index (χ1v) is 7.37. The second-order valence-corrected chi connectivity index (χ2v) is 4.86. The molecule has 0 N–H and O–H groups in total. The molecular weight excluding hydrogens is 184 g/mol. The summed E-state index contributed by atoms with van der Waals surface area (Å²) in [4.78, 5) is 0. The molecule has 0 aliphatic carbocycles. The Morgan fingerprint density at radius 1 is 1.23 bits per heavy atom. The Morgan fingerprint density at radius 2 is 2.00 bits per heavy atom. The first-order valence-electron chi connectivity index (χ1n) is 4.95. The fourth-order valence-corrected chi connectivity index (χ4v) is 2.24. The SMILES string of the molecule is COCCOCOCC(C)C[SiH2]C. The van der Waals surface area contributed by atoms with E-state index in [2.05, 4.69) is 13.5 Å². The van der Waals surface area contributed by atoms with Crippen molar-refractivity contribution in [1.82, 2.24) is 0 Å². The Hall–Kier alpha value is 0.0969. The van der Waals surface area contributed by atoms with Crippen molar-refractivity contribution in [3.8, 4) is 0 Å². The molecule has 0 rings (SSSR count). The van der Waals surface area contributed by atoms with E-state index in [1.165, 1.54) is 6.04 Å². The maximum Gasteiger partial charge on any atom is 0.146 e. The Bertz CT molecular complexity index is 101. The summed E-state index contributed by atoms with van der Waals surface area (Å²) >= 11 is 0. The van der Waals surface area contributed by atoms with Gasteiger partial charge in [0.2, 0.25) is 0 Å². The minimum Gasteiger partial charge on any atom is -0.382 e. The van der Waals surface area contributed by atoms with Gasteiger partial charge < -0.3 is 14.2 Å². The van der Waals surface area contributed by atoms with Gasteiger partial charge in [-0.25, -0.2) is 0 Å². The lowest BCUT2D eigenvalue weighted by atomic mass is 10.2. The lowest BCUT2D eigenvalue weighted by molar-refractivity contribution is -0.0722. The van der Waals surface area contributed by atoms with Crippen molar-refractivity contribution in [2.45, 2.75) is 19.5 Å². The molecule has 0 aliphatic rings. The average molecular weight is 206 g/mol. The number of rotatable bonds is 9. The van der Waals surface area contributed by atoms with Crippen LogP contribution in [0.15, 0.2) is 0 Å². The molecule has 0 aromatic carbocycles. The van der Waals surface area contributed by atoms with E-state index in [0.29, 0.717) is 25.9 Å². The van der Waals surface area contributed by atoms with E-state index < -0.39 is 0 Å². The topological polar surface area (TPSA) is 27.7 Å². The number of hydrogen-bond acceptors (Lipinski definition) is 3. The van der Waals surface area contributed by atoms with Gasteiger partial charge in [-0.3, -0.25) is 0 Å². The first-order chi connectivity index (χ1) is 6.31. The minimum absolute atomic E-state index is 0.178. The molecule has 0 amide bonds. The van der Waals surface area contributed by atoms with Crippen LogP contribution in [0.25, 0.3) is 0 Å². The minimum atomic E-state index is 0.178. The van der Waals surface area contributed by atoms with E-state index in [0.717, 1.165) is 6.61 Å². The molecule has 13 heavy (non-hydrogen) atoms. The Kier molecular flexibility index (Phi) is 10.3. The largest absolute Gasteiger partial charge is 0.382 e. The molecule has 0 saturated heterocycles. The highest BCUT2D eigenvalue weighted by atomic mass is 28.2. The summed E-state index contributed by atoms with van der Waals surface area (Å²) in [5.41, 5.74) is 0. The standard InChI is InChI=1S/C9H22O3Si/c1-9(7-13-3)6-12-8-11-5-4-10-2/h9H,4-8,13H2,1-3H3. The maximum absolute atomic E-state index is 5.34. The predicted molar refractivity (Wildman–Crippen MR) is 57.0 cm³/mol. The van der Waals surface area contributed by atoms with Crippen molar-refractivity contribution >= 4 is 9.52 Å². The monoisotopic (exact) mass is 206 g/mol. The normalized spacial score (nSPS) is 14.1. The van der Waals surface area contributed by atoms with Crippen LogP contribution >= 0.6 is 0 Å². The van der Waals surface area contributed by atoms with Crippen molar-refractivity contribution in [3.05, 3.63) is 0 Å². The molecule has 0 aromatic rings. The van der Waals surface area contributed by atoms with Crippen LogP contribution in [0.4, 0.5) is 0 Å². The van der Waals surface area contributed by atoms with Gasteiger partial charge in [-0.05, 0) is 5.92 Å². The molecular formula is C9H22O3Si. The Balaban J connectivity index is 2.97. The molecule has 0 aromatic heterocycles. The summed E-state index contributed by atoms with van der Waals surface area (Å²) in [6.07, 6.45) is 0.